The van der Waals surface area contributed by atoms with Gasteiger partial charge in [-0.05, 0) is 18.6 Å². The van der Waals surface area contributed by atoms with Gasteiger partial charge < -0.3 is 26.8 Å². The second-order valence-electron chi connectivity index (χ2n) is 4.25. The van der Waals surface area contributed by atoms with Crippen LogP contribution in [0.15, 0.2) is 12.1 Å². The lowest BCUT2D eigenvalue weighted by Crippen LogP contribution is -2.46. The number of aliphatic hydroxyl groups excluding tert-OH is 1. The van der Waals surface area contributed by atoms with E-state index in [0.29, 0.717) is 30.3 Å². The molecule has 1 aromatic rings. The smallest absolute Gasteiger partial charge is 0.242 e. The predicted octanol–water partition coefficient (Wildman–Crippen LogP) is -0.870. The van der Waals surface area contributed by atoms with Crippen LogP contribution >= 0.6 is 0 Å². The highest BCUT2D eigenvalue weighted by molar-refractivity contribution is 5.85. The van der Waals surface area contributed by atoms with Gasteiger partial charge in [0.2, 0.25) is 5.91 Å². The van der Waals surface area contributed by atoms with Crippen molar-refractivity contribution in [3.8, 4) is 0 Å². The van der Waals surface area contributed by atoms with Gasteiger partial charge in [-0.3, -0.25) is 4.79 Å². The summed E-state index contributed by atoms with van der Waals surface area (Å²) >= 11 is 0. The first kappa shape index (κ1) is 12.4. The molecule has 0 spiro atoms. The first-order valence-electron chi connectivity index (χ1n) is 5.73. The molecule has 2 rings (SSSR count). The maximum atomic E-state index is 11.4. The van der Waals surface area contributed by atoms with Crippen molar-refractivity contribution in [2.75, 3.05) is 29.5 Å². The fraction of sp³-hybridized carbons (Fsp3) is 0.455. The van der Waals surface area contributed by atoms with Gasteiger partial charge in [0.05, 0.1) is 11.8 Å². The number of hydrogen-bond donors (Lipinski definition) is 4. The van der Waals surface area contributed by atoms with Crippen LogP contribution in [0.1, 0.15) is 6.42 Å². The number of anilines is 3. The molecule has 1 aliphatic heterocycles. The first-order chi connectivity index (χ1) is 8.54. The van der Waals surface area contributed by atoms with E-state index in [1.165, 1.54) is 0 Å². The molecule has 0 aromatic carbocycles. The third kappa shape index (κ3) is 2.04. The number of aromatic nitrogens is 1. The van der Waals surface area contributed by atoms with Crippen molar-refractivity contribution >= 4 is 23.2 Å². The molecule has 7 nitrogen and oxygen atoms in total. The summed E-state index contributed by atoms with van der Waals surface area (Å²) in [6.07, 6.45) is -0.256. The van der Waals surface area contributed by atoms with Gasteiger partial charge in [0.15, 0.2) is 5.82 Å². The fourth-order valence-corrected chi connectivity index (χ4v) is 2.20. The summed E-state index contributed by atoms with van der Waals surface area (Å²) in [7, 11) is 1.72. The third-order valence-corrected chi connectivity index (χ3v) is 3.10. The largest absolute Gasteiger partial charge is 0.396 e. The summed E-state index contributed by atoms with van der Waals surface area (Å²) in [6.45, 7) is 0.537. The Hall–Kier alpha value is -2.02. The van der Waals surface area contributed by atoms with Crippen LogP contribution < -0.4 is 21.7 Å². The molecule has 1 fully saturated rings. The SMILES string of the molecule is CNc1nc(N2CCC(O)C2C(N)=O)ccc1N. The minimum absolute atomic E-state index is 0.495. The lowest BCUT2D eigenvalue weighted by Gasteiger charge is -2.25. The number of primary amides is 1. The Labute approximate surface area is 105 Å². The topological polar surface area (TPSA) is 117 Å². The second-order valence-corrected chi connectivity index (χ2v) is 4.25. The number of rotatable bonds is 3. The molecule has 1 saturated heterocycles. The van der Waals surface area contributed by atoms with Crippen LogP contribution in [-0.2, 0) is 4.79 Å². The number of pyridine rings is 1. The van der Waals surface area contributed by atoms with Gasteiger partial charge in [0, 0.05) is 13.6 Å². The average molecular weight is 251 g/mol. The Morgan fingerprint density at radius 1 is 1.61 bits per heavy atom. The molecule has 6 N–H and O–H groups in total. The lowest BCUT2D eigenvalue weighted by molar-refractivity contribution is -0.120. The van der Waals surface area contributed by atoms with Crippen LogP contribution in [0.3, 0.4) is 0 Å². The van der Waals surface area contributed by atoms with Crippen molar-refractivity contribution in [3.05, 3.63) is 12.1 Å². The zero-order valence-electron chi connectivity index (χ0n) is 10.1. The van der Waals surface area contributed by atoms with Gasteiger partial charge in [-0.2, -0.15) is 0 Å². The molecular weight excluding hydrogens is 234 g/mol. The van der Waals surface area contributed by atoms with Crippen molar-refractivity contribution < 1.29 is 9.90 Å². The third-order valence-electron chi connectivity index (χ3n) is 3.10. The highest BCUT2D eigenvalue weighted by Crippen LogP contribution is 2.27. The van der Waals surface area contributed by atoms with Crippen LogP contribution in [-0.4, -0.2) is 41.7 Å². The highest BCUT2D eigenvalue weighted by Gasteiger charge is 2.37. The van der Waals surface area contributed by atoms with E-state index in [0.717, 1.165) is 0 Å². The van der Waals surface area contributed by atoms with Crippen LogP contribution in [0, 0.1) is 0 Å². The summed E-state index contributed by atoms with van der Waals surface area (Å²) in [4.78, 5) is 17.4. The second kappa shape index (κ2) is 4.69. The zero-order valence-corrected chi connectivity index (χ0v) is 10.1. The molecule has 18 heavy (non-hydrogen) atoms. The van der Waals surface area contributed by atoms with E-state index >= 15 is 0 Å². The van der Waals surface area contributed by atoms with Gasteiger partial charge in [-0.25, -0.2) is 4.98 Å². The fourth-order valence-electron chi connectivity index (χ4n) is 2.20. The molecule has 7 heteroatoms. The summed E-state index contributed by atoms with van der Waals surface area (Å²) in [5.41, 5.74) is 11.6. The van der Waals surface area contributed by atoms with E-state index < -0.39 is 18.1 Å². The monoisotopic (exact) mass is 251 g/mol. The van der Waals surface area contributed by atoms with Crippen molar-refractivity contribution in [3.63, 3.8) is 0 Å². The van der Waals surface area contributed by atoms with E-state index in [9.17, 15) is 9.90 Å². The van der Waals surface area contributed by atoms with E-state index in [1.807, 2.05) is 0 Å². The Morgan fingerprint density at radius 2 is 2.33 bits per heavy atom. The number of carbonyl (C=O) groups is 1. The number of aliphatic hydroxyl groups is 1. The Bertz CT molecular complexity index is 465. The highest BCUT2D eigenvalue weighted by atomic mass is 16.3. The van der Waals surface area contributed by atoms with Gasteiger partial charge in [-0.15, -0.1) is 0 Å². The molecule has 1 aliphatic rings. The minimum atomic E-state index is -0.750. The van der Waals surface area contributed by atoms with E-state index in [2.05, 4.69) is 10.3 Å². The number of nitrogens with zero attached hydrogens (tertiary/aromatic N) is 2. The number of hydrogen-bond acceptors (Lipinski definition) is 6. The molecule has 2 unspecified atom stereocenters. The zero-order chi connectivity index (χ0) is 13.3. The molecular formula is C11H17N5O2. The molecule has 2 atom stereocenters. The maximum Gasteiger partial charge on any atom is 0.242 e. The standard InChI is InChI=1S/C11H17N5O2/c1-14-11-6(12)2-3-8(15-11)16-5-4-7(17)9(16)10(13)18/h2-3,7,9,17H,4-5,12H2,1H3,(H2,13,18)(H,14,15). The molecule has 2 heterocycles. The van der Waals surface area contributed by atoms with Crippen LogP contribution in [0.5, 0.6) is 0 Å². The average Bonchev–Trinajstić information content (AvgIpc) is 2.72. The van der Waals surface area contributed by atoms with E-state index in [-0.39, 0.29) is 0 Å². The number of carbonyl (C=O) groups excluding carboxylic acids is 1. The summed E-state index contributed by atoms with van der Waals surface area (Å²) in [5, 5.41) is 12.6. The van der Waals surface area contributed by atoms with E-state index in [4.69, 9.17) is 11.5 Å². The molecule has 0 aliphatic carbocycles. The van der Waals surface area contributed by atoms with Crippen molar-refractivity contribution in [1.29, 1.82) is 0 Å². The number of amides is 1. The van der Waals surface area contributed by atoms with Gasteiger partial charge in [0.25, 0.3) is 0 Å². The first-order valence-corrected chi connectivity index (χ1v) is 5.73. The normalized spacial score (nSPS) is 23.1. The summed E-state index contributed by atoms with van der Waals surface area (Å²) < 4.78 is 0. The number of nitrogen functional groups attached to an aromatic ring is 1. The molecule has 0 saturated carbocycles. The summed E-state index contributed by atoms with van der Waals surface area (Å²) in [5.74, 6) is 0.565. The Balaban J connectivity index is 2.33. The minimum Gasteiger partial charge on any atom is -0.396 e. The molecule has 1 aromatic heterocycles. The number of nitrogens with two attached hydrogens (primary N) is 2. The van der Waals surface area contributed by atoms with Crippen LogP contribution in [0.4, 0.5) is 17.3 Å². The molecule has 0 bridgehead atoms. The van der Waals surface area contributed by atoms with Gasteiger partial charge >= 0.3 is 0 Å². The Kier molecular flexibility index (Phi) is 3.24. The molecule has 1 amide bonds. The van der Waals surface area contributed by atoms with Crippen LogP contribution in [0.2, 0.25) is 0 Å². The van der Waals surface area contributed by atoms with Crippen molar-refractivity contribution in [2.24, 2.45) is 5.73 Å². The molecule has 98 valence electrons. The van der Waals surface area contributed by atoms with Gasteiger partial charge in [0.1, 0.15) is 11.9 Å². The Morgan fingerprint density at radius 3 is 2.94 bits per heavy atom. The van der Waals surface area contributed by atoms with Crippen molar-refractivity contribution in [2.45, 2.75) is 18.6 Å². The van der Waals surface area contributed by atoms with Crippen molar-refractivity contribution in [1.82, 2.24) is 4.98 Å². The lowest BCUT2D eigenvalue weighted by atomic mass is 10.1. The van der Waals surface area contributed by atoms with E-state index in [1.54, 1.807) is 24.1 Å². The number of nitrogens with one attached hydrogen (secondary N) is 1. The summed E-state index contributed by atoms with van der Waals surface area (Å²) in [6, 6.07) is 2.69. The predicted molar refractivity (Wildman–Crippen MR) is 69.1 cm³/mol. The molecule has 0 radical (unpaired) electrons. The van der Waals surface area contributed by atoms with Crippen LogP contribution in [0.25, 0.3) is 0 Å². The maximum absolute atomic E-state index is 11.4. The quantitative estimate of drug-likeness (QED) is 0.554. The van der Waals surface area contributed by atoms with Gasteiger partial charge in [-0.1, -0.05) is 0 Å².